The molecule has 0 unspecified atom stereocenters. The first-order valence-corrected chi connectivity index (χ1v) is 9.61. The van der Waals surface area contributed by atoms with E-state index in [1.54, 1.807) is 18.2 Å². The smallest absolute Gasteiger partial charge is 0.294 e. The van der Waals surface area contributed by atoms with Gasteiger partial charge < -0.3 is 10.1 Å². The van der Waals surface area contributed by atoms with E-state index in [1.807, 2.05) is 0 Å². The number of nitro benzene ring substituents is 1. The number of rotatable bonds is 6. The number of nitrogens with zero attached hydrogens (tertiary/aromatic N) is 2. The number of halogens is 1. The van der Waals surface area contributed by atoms with Gasteiger partial charge in [-0.3, -0.25) is 29.4 Å². The summed E-state index contributed by atoms with van der Waals surface area (Å²) >= 11 is 6.62. The Labute approximate surface area is 179 Å². The molecule has 1 aliphatic rings. The highest BCUT2D eigenvalue weighted by Gasteiger charge is 2.36. The van der Waals surface area contributed by atoms with Crippen molar-refractivity contribution in [1.82, 2.24) is 4.90 Å². The van der Waals surface area contributed by atoms with Gasteiger partial charge in [-0.25, -0.2) is 0 Å². The van der Waals surface area contributed by atoms with Crippen LogP contribution in [0.5, 0.6) is 5.75 Å². The molecular formula is C19H14ClN3O6S. The molecule has 0 saturated carbocycles. The number of anilines is 1. The lowest BCUT2D eigenvalue weighted by atomic mass is 10.1. The minimum absolute atomic E-state index is 0.00501. The first-order chi connectivity index (χ1) is 14.3. The van der Waals surface area contributed by atoms with Crippen LogP contribution in [0.15, 0.2) is 47.4 Å². The van der Waals surface area contributed by atoms with Crippen LogP contribution in [-0.2, 0) is 9.59 Å². The molecular weight excluding hydrogens is 434 g/mol. The lowest BCUT2D eigenvalue weighted by molar-refractivity contribution is -0.385. The number of hydrogen-bond donors (Lipinski definition) is 1. The number of carbonyl (C=O) groups is 3. The molecule has 2 aromatic carbocycles. The molecule has 11 heteroatoms. The van der Waals surface area contributed by atoms with E-state index in [0.717, 1.165) is 4.90 Å². The standard InChI is InChI=1S/C19H14ClN3O6S/c1-29-15-7-6-12(9-13(15)20)21-17(24)10-22-18(25)16(30-19(22)26)8-11-4-2-3-5-14(11)23(27)28/h2-9H,10H2,1H3,(H,21,24)/b16-8+. The van der Waals surface area contributed by atoms with Gasteiger partial charge in [-0.2, -0.15) is 0 Å². The molecule has 1 fully saturated rings. The maximum Gasteiger partial charge on any atom is 0.294 e. The number of methoxy groups -OCH3 is 1. The molecule has 0 aromatic heterocycles. The Bertz CT molecular complexity index is 1090. The van der Waals surface area contributed by atoms with Crippen molar-refractivity contribution in [3.05, 3.63) is 68.1 Å². The number of hydrogen-bond acceptors (Lipinski definition) is 7. The summed E-state index contributed by atoms with van der Waals surface area (Å²) in [7, 11) is 1.46. The van der Waals surface area contributed by atoms with E-state index < -0.39 is 28.5 Å². The molecule has 1 aliphatic heterocycles. The van der Waals surface area contributed by atoms with E-state index >= 15 is 0 Å². The SMILES string of the molecule is COc1ccc(NC(=O)CN2C(=O)S/C(=C/c3ccccc3[N+](=O)[O-])C2=O)cc1Cl. The van der Waals surface area contributed by atoms with Crippen molar-refractivity contribution in [2.75, 3.05) is 19.0 Å². The zero-order valence-electron chi connectivity index (χ0n) is 15.5. The molecule has 0 aliphatic carbocycles. The van der Waals surface area contributed by atoms with Crippen molar-refractivity contribution in [2.45, 2.75) is 0 Å². The average molecular weight is 448 g/mol. The van der Waals surface area contributed by atoms with Gasteiger partial charge in [-0.15, -0.1) is 0 Å². The molecule has 2 aromatic rings. The predicted octanol–water partition coefficient (Wildman–Crippen LogP) is 3.93. The van der Waals surface area contributed by atoms with E-state index in [2.05, 4.69) is 5.32 Å². The topological polar surface area (TPSA) is 119 Å². The monoisotopic (exact) mass is 447 g/mol. The molecule has 3 rings (SSSR count). The lowest BCUT2D eigenvalue weighted by Gasteiger charge is -2.13. The zero-order valence-corrected chi connectivity index (χ0v) is 17.0. The van der Waals surface area contributed by atoms with Crippen molar-refractivity contribution >= 4 is 57.9 Å². The number of para-hydroxylation sites is 1. The fraction of sp³-hybridized carbons (Fsp3) is 0.105. The summed E-state index contributed by atoms with van der Waals surface area (Å²) in [5.41, 5.74) is 0.358. The fourth-order valence-electron chi connectivity index (χ4n) is 2.64. The van der Waals surface area contributed by atoms with Gasteiger partial charge >= 0.3 is 0 Å². The third kappa shape index (κ3) is 4.61. The van der Waals surface area contributed by atoms with Crippen molar-refractivity contribution < 1.29 is 24.0 Å². The largest absolute Gasteiger partial charge is 0.495 e. The average Bonchev–Trinajstić information content (AvgIpc) is 2.95. The molecule has 154 valence electrons. The van der Waals surface area contributed by atoms with Crippen LogP contribution in [0.2, 0.25) is 5.02 Å². The van der Waals surface area contributed by atoms with Gasteiger partial charge in [0, 0.05) is 11.8 Å². The highest BCUT2D eigenvalue weighted by molar-refractivity contribution is 8.18. The Balaban J connectivity index is 1.73. The number of nitrogens with one attached hydrogen (secondary N) is 1. The Morgan fingerprint density at radius 1 is 1.30 bits per heavy atom. The first-order valence-electron chi connectivity index (χ1n) is 8.42. The Hall–Kier alpha value is -3.37. The van der Waals surface area contributed by atoms with Gasteiger partial charge in [0.05, 0.1) is 27.5 Å². The molecule has 1 saturated heterocycles. The molecule has 0 radical (unpaired) electrons. The predicted molar refractivity (Wildman–Crippen MR) is 112 cm³/mol. The van der Waals surface area contributed by atoms with Gasteiger partial charge in [0.25, 0.3) is 16.8 Å². The van der Waals surface area contributed by atoms with Crippen LogP contribution in [0.3, 0.4) is 0 Å². The van der Waals surface area contributed by atoms with Crippen LogP contribution in [0, 0.1) is 10.1 Å². The zero-order chi connectivity index (χ0) is 21.8. The third-order valence-electron chi connectivity index (χ3n) is 4.03. The number of carbonyl (C=O) groups excluding carboxylic acids is 3. The van der Waals surface area contributed by atoms with Crippen LogP contribution in [0.1, 0.15) is 5.56 Å². The summed E-state index contributed by atoms with van der Waals surface area (Å²) in [4.78, 5) is 48.4. The van der Waals surface area contributed by atoms with E-state index in [9.17, 15) is 24.5 Å². The molecule has 0 atom stereocenters. The van der Waals surface area contributed by atoms with Gasteiger partial charge in [0.1, 0.15) is 12.3 Å². The molecule has 1 N–H and O–H groups in total. The van der Waals surface area contributed by atoms with Gasteiger partial charge in [-0.05, 0) is 42.1 Å². The maximum atomic E-state index is 12.6. The van der Waals surface area contributed by atoms with E-state index in [4.69, 9.17) is 16.3 Å². The highest BCUT2D eigenvalue weighted by Crippen LogP contribution is 2.34. The molecule has 3 amide bonds. The van der Waals surface area contributed by atoms with E-state index in [0.29, 0.717) is 23.2 Å². The summed E-state index contributed by atoms with van der Waals surface area (Å²) in [6, 6.07) is 10.4. The van der Waals surface area contributed by atoms with E-state index in [-0.39, 0.29) is 21.2 Å². The molecule has 0 spiro atoms. The first kappa shape index (κ1) is 21.3. The molecule has 30 heavy (non-hydrogen) atoms. The van der Waals surface area contributed by atoms with Gasteiger partial charge in [-0.1, -0.05) is 23.7 Å². The molecule has 0 bridgehead atoms. The van der Waals surface area contributed by atoms with Crippen LogP contribution < -0.4 is 10.1 Å². The van der Waals surface area contributed by atoms with Crippen molar-refractivity contribution in [3.8, 4) is 5.75 Å². The normalized spacial score (nSPS) is 14.9. The summed E-state index contributed by atoms with van der Waals surface area (Å²) in [5, 5.41) is 13.3. The maximum absolute atomic E-state index is 12.6. The number of nitro groups is 1. The molecule has 9 nitrogen and oxygen atoms in total. The van der Waals surface area contributed by atoms with Crippen LogP contribution >= 0.6 is 23.4 Å². The Morgan fingerprint density at radius 3 is 2.70 bits per heavy atom. The van der Waals surface area contributed by atoms with Crippen LogP contribution in [0.4, 0.5) is 16.2 Å². The fourth-order valence-corrected chi connectivity index (χ4v) is 3.73. The van der Waals surface area contributed by atoms with Crippen LogP contribution in [-0.4, -0.2) is 40.5 Å². The second kappa shape index (κ2) is 8.97. The lowest BCUT2D eigenvalue weighted by Crippen LogP contribution is -2.36. The number of benzene rings is 2. The molecule has 1 heterocycles. The summed E-state index contributed by atoms with van der Waals surface area (Å²) in [6.07, 6.45) is 1.27. The van der Waals surface area contributed by atoms with Gasteiger partial charge in [0.2, 0.25) is 5.91 Å². The number of ether oxygens (including phenoxy) is 1. The minimum Gasteiger partial charge on any atom is -0.495 e. The van der Waals surface area contributed by atoms with Gasteiger partial charge in [0.15, 0.2) is 0 Å². The summed E-state index contributed by atoms with van der Waals surface area (Å²) in [6.45, 7) is -0.511. The number of thioether (sulfide) groups is 1. The van der Waals surface area contributed by atoms with Crippen molar-refractivity contribution in [3.63, 3.8) is 0 Å². The van der Waals surface area contributed by atoms with Crippen molar-refractivity contribution in [1.29, 1.82) is 0 Å². The second-order valence-corrected chi connectivity index (χ2v) is 7.38. The van der Waals surface area contributed by atoms with Crippen LogP contribution in [0.25, 0.3) is 6.08 Å². The third-order valence-corrected chi connectivity index (χ3v) is 5.23. The second-order valence-electron chi connectivity index (χ2n) is 5.98. The quantitative estimate of drug-likeness (QED) is 0.404. The Kier molecular flexibility index (Phi) is 6.38. The van der Waals surface area contributed by atoms with E-state index in [1.165, 1.54) is 37.5 Å². The highest BCUT2D eigenvalue weighted by atomic mass is 35.5. The number of imide groups is 1. The van der Waals surface area contributed by atoms with Crippen molar-refractivity contribution in [2.24, 2.45) is 0 Å². The summed E-state index contributed by atoms with van der Waals surface area (Å²) < 4.78 is 5.03. The summed E-state index contributed by atoms with van der Waals surface area (Å²) in [5.74, 6) is -0.878. The Morgan fingerprint density at radius 2 is 2.03 bits per heavy atom. The minimum atomic E-state index is -0.703. The number of amides is 3.